The second-order valence-corrected chi connectivity index (χ2v) is 7.12. The number of aryl methyl sites for hydroxylation is 2. The molecule has 8 nitrogen and oxygen atoms in total. The molecule has 0 atom stereocenters. The van der Waals surface area contributed by atoms with Crippen molar-refractivity contribution in [1.29, 1.82) is 0 Å². The Kier molecular flexibility index (Phi) is 5.33. The predicted molar refractivity (Wildman–Crippen MR) is 112 cm³/mol. The summed E-state index contributed by atoms with van der Waals surface area (Å²) in [7, 11) is 1.49. The number of rotatable bonds is 5. The quantitative estimate of drug-likeness (QED) is 0.483. The summed E-state index contributed by atoms with van der Waals surface area (Å²) in [5.74, 6) is 0.942. The van der Waals surface area contributed by atoms with Crippen LogP contribution in [0.1, 0.15) is 17.0 Å². The van der Waals surface area contributed by atoms with Crippen molar-refractivity contribution < 1.29 is 9.26 Å². The highest BCUT2D eigenvalue weighted by Crippen LogP contribution is 2.27. The van der Waals surface area contributed by atoms with E-state index < -0.39 is 0 Å². The average Bonchev–Trinajstić information content (AvgIpc) is 3.10. The van der Waals surface area contributed by atoms with Crippen LogP contribution >= 0.6 is 11.6 Å². The maximum atomic E-state index is 12.7. The fraction of sp³-hybridized carbons (Fsp3) is 0.190. The number of hydrogen-bond acceptors (Lipinski definition) is 7. The molecule has 0 amide bonds. The fourth-order valence-corrected chi connectivity index (χ4v) is 3.25. The van der Waals surface area contributed by atoms with E-state index in [1.165, 1.54) is 17.9 Å². The first kappa shape index (κ1) is 19.8. The van der Waals surface area contributed by atoms with Crippen LogP contribution < -0.4 is 10.3 Å². The molecule has 0 aromatic carbocycles. The van der Waals surface area contributed by atoms with E-state index in [1.54, 1.807) is 31.6 Å². The Morgan fingerprint density at radius 3 is 2.50 bits per heavy atom. The van der Waals surface area contributed by atoms with Gasteiger partial charge in [0, 0.05) is 46.4 Å². The zero-order valence-electron chi connectivity index (χ0n) is 16.6. The van der Waals surface area contributed by atoms with E-state index in [0.29, 0.717) is 33.5 Å². The monoisotopic (exact) mass is 423 g/mol. The molecular formula is C21H18ClN5O3. The van der Waals surface area contributed by atoms with E-state index in [0.717, 1.165) is 16.8 Å². The van der Waals surface area contributed by atoms with Crippen LogP contribution in [-0.2, 0) is 6.54 Å². The van der Waals surface area contributed by atoms with Crippen molar-refractivity contribution in [3.05, 3.63) is 75.3 Å². The Bertz CT molecular complexity index is 1260. The number of nitrogens with zero attached hydrogens (tertiary/aromatic N) is 5. The molecular weight excluding hydrogens is 406 g/mol. The molecule has 4 aromatic rings. The van der Waals surface area contributed by atoms with Gasteiger partial charge in [-0.25, -0.2) is 9.67 Å². The lowest BCUT2D eigenvalue weighted by molar-refractivity contribution is 0.397. The number of hydrogen-bond donors (Lipinski definition) is 0. The van der Waals surface area contributed by atoms with Gasteiger partial charge in [0.05, 0.1) is 19.9 Å². The van der Waals surface area contributed by atoms with Crippen LogP contribution in [0.25, 0.3) is 22.4 Å². The van der Waals surface area contributed by atoms with Crippen molar-refractivity contribution >= 4 is 11.6 Å². The number of pyridine rings is 2. The molecule has 0 unspecified atom stereocenters. The van der Waals surface area contributed by atoms with Crippen LogP contribution in [0, 0.1) is 13.8 Å². The van der Waals surface area contributed by atoms with Gasteiger partial charge in [-0.3, -0.25) is 9.78 Å². The zero-order valence-corrected chi connectivity index (χ0v) is 17.3. The molecule has 0 aliphatic carbocycles. The van der Waals surface area contributed by atoms with Crippen molar-refractivity contribution in [3.8, 4) is 28.3 Å². The van der Waals surface area contributed by atoms with Crippen LogP contribution in [0.2, 0.25) is 5.02 Å². The third-order valence-electron chi connectivity index (χ3n) is 4.68. The summed E-state index contributed by atoms with van der Waals surface area (Å²) in [6.45, 7) is 3.94. The number of aromatic nitrogens is 5. The van der Waals surface area contributed by atoms with Gasteiger partial charge in [0.2, 0.25) is 5.88 Å². The average molecular weight is 424 g/mol. The maximum absolute atomic E-state index is 12.7. The molecule has 152 valence electrons. The third-order valence-corrected chi connectivity index (χ3v) is 4.95. The van der Waals surface area contributed by atoms with E-state index in [2.05, 4.69) is 20.2 Å². The molecule has 30 heavy (non-hydrogen) atoms. The normalized spacial score (nSPS) is 10.9. The molecule has 0 fully saturated rings. The van der Waals surface area contributed by atoms with Gasteiger partial charge < -0.3 is 9.26 Å². The highest BCUT2D eigenvalue weighted by atomic mass is 35.5. The highest BCUT2D eigenvalue weighted by Gasteiger charge is 2.17. The molecule has 4 aromatic heterocycles. The van der Waals surface area contributed by atoms with Crippen LogP contribution in [-0.4, -0.2) is 32.0 Å². The van der Waals surface area contributed by atoms with Crippen molar-refractivity contribution in [2.75, 3.05) is 7.11 Å². The molecule has 0 radical (unpaired) electrons. The Morgan fingerprint density at radius 2 is 1.83 bits per heavy atom. The molecule has 0 N–H and O–H groups in total. The number of methoxy groups -OCH3 is 1. The smallest absolute Gasteiger partial charge is 0.267 e. The van der Waals surface area contributed by atoms with E-state index in [-0.39, 0.29) is 12.1 Å². The van der Waals surface area contributed by atoms with Gasteiger partial charge in [0.15, 0.2) is 0 Å². The molecule has 0 saturated carbocycles. The van der Waals surface area contributed by atoms with E-state index in [9.17, 15) is 4.79 Å². The van der Waals surface area contributed by atoms with Crippen molar-refractivity contribution in [2.24, 2.45) is 0 Å². The minimum absolute atomic E-state index is 0.222. The topological polar surface area (TPSA) is 95.9 Å². The minimum atomic E-state index is -0.270. The van der Waals surface area contributed by atoms with E-state index in [1.807, 2.05) is 19.1 Å². The molecule has 0 saturated heterocycles. The van der Waals surface area contributed by atoms with Crippen LogP contribution in [0.15, 0.2) is 52.2 Å². The zero-order chi connectivity index (χ0) is 21.3. The van der Waals surface area contributed by atoms with E-state index >= 15 is 0 Å². The SMILES string of the molecule is COc1ncc(-c2cnn(Cc3c(-c4ccc(C)nc4)noc3C)c(=O)c2)cc1Cl. The lowest BCUT2D eigenvalue weighted by Crippen LogP contribution is -2.23. The largest absolute Gasteiger partial charge is 0.480 e. The molecule has 0 aliphatic heterocycles. The first-order valence-corrected chi connectivity index (χ1v) is 9.49. The molecule has 4 heterocycles. The van der Waals surface area contributed by atoms with E-state index in [4.69, 9.17) is 20.9 Å². The number of halogens is 1. The van der Waals surface area contributed by atoms with Gasteiger partial charge in [-0.1, -0.05) is 16.8 Å². The lowest BCUT2D eigenvalue weighted by Gasteiger charge is -2.08. The standard InChI is InChI=1S/C21H18ClN5O3/c1-12-4-5-14(8-23-12)20-17(13(2)30-26-20)11-27-19(28)7-16(10-25-27)15-6-18(22)21(29-3)24-9-15/h4-10H,11H2,1-3H3. The summed E-state index contributed by atoms with van der Waals surface area (Å²) in [4.78, 5) is 21.1. The fourth-order valence-electron chi connectivity index (χ4n) is 3.01. The van der Waals surface area contributed by atoms with Crippen molar-refractivity contribution in [3.63, 3.8) is 0 Å². The van der Waals surface area contributed by atoms with Gasteiger partial charge in [0.25, 0.3) is 5.56 Å². The Hall–Kier alpha value is -3.52. The van der Waals surface area contributed by atoms with Crippen LogP contribution in [0.5, 0.6) is 5.88 Å². The van der Waals surface area contributed by atoms with Crippen molar-refractivity contribution in [1.82, 2.24) is 24.9 Å². The first-order valence-electron chi connectivity index (χ1n) is 9.11. The molecule has 0 aliphatic rings. The summed E-state index contributed by atoms with van der Waals surface area (Å²) in [6.07, 6.45) is 4.91. The molecule has 0 bridgehead atoms. The Morgan fingerprint density at radius 1 is 1.07 bits per heavy atom. The maximum Gasteiger partial charge on any atom is 0.267 e. The van der Waals surface area contributed by atoms with Gasteiger partial charge in [0.1, 0.15) is 16.5 Å². The summed E-state index contributed by atoms with van der Waals surface area (Å²) in [6, 6.07) is 6.99. The second kappa shape index (κ2) is 8.08. The Balaban J connectivity index is 1.66. The second-order valence-electron chi connectivity index (χ2n) is 6.71. The molecule has 0 spiro atoms. The Labute approximate surface area is 177 Å². The predicted octanol–water partition coefficient (Wildman–Crippen LogP) is 3.68. The third kappa shape index (κ3) is 3.81. The summed E-state index contributed by atoms with van der Waals surface area (Å²) >= 11 is 6.13. The van der Waals surface area contributed by atoms with Gasteiger partial charge in [-0.05, 0) is 32.0 Å². The lowest BCUT2D eigenvalue weighted by atomic mass is 10.1. The molecule has 4 rings (SSSR count). The minimum Gasteiger partial charge on any atom is -0.480 e. The van der Waals surface area contributed by atoms with Crippen LogP contribution in [0.4, 0.5) is 0 Å². The summed E-state index contributed by atoms with van der Waals surface area (Å²) in [5, 5.41) is 8.81. The van der Waals surface area contributed by atoms with Crippen molar-refractivity contribution in [2.45, 2.75) is 20.4 Å². The summed E-state index contributed by atoms with van der Waals surface area (Å²) < 4.78 is 11.8. The summed E-state index contributed by atoms with van der Waals surface area (Å²) in [5.41, 5.74) is 4.15. The molecule has 9 heteroatoms. The highest BCUT2D eigenvalue weighted by molar-refractivity contribution is 6.32. The number of ether oxygens (including phenoxy) is 1. The first-order chi connectivity index (χ1) is 14.5. The van der Waals surface area contributed by atoms with Gasteiger partial charge in [-0.2, -0.15) is 5.10 Å². The van der Waals surface area contributed by atoms with Gasteiger partial charge >= 0.3 is 0 Å². The van der Waals surface area contributed by atoms with Gasteiger partial charge in [-0.15, -0.1) is 0 Å². The van der Waals surface area contributed by atoms with Crippen LogP contribution in [0.3, 0.4) is 0 Å².